The van der Waals surface area contributed by atoms with Crippen LogP contribution in [0.3, 0.4) is 0 Å². The van der Waals surface area contributed by atoms with Crippen LogP contribution in [-0.4, -0.2) is 31.6 Å². The molecule has 19 heavy (non-hydrogen) atoms. The number of esters is 1. The van der Waals surface area contributed by atoms with Crippen LogP contribution in [0.1, 0.15) is 17.3 Å². The van der Waals surface area contributed by atoms with E-state index < -0.39 is 12.0 Å². The van der Waals surface area contributed by atoms with Crippen molar-refractivity contribution in [3.8, 4) is 5.75 Å². The maximum Gasteiger partial charge on any atom is 0.328 e. The molecule has 0 fully saturated rings. The zero-order chi connectivity index (χ0) is 14.3. The second kappa shape index (κ2) is 7.20. The molecule has 0 aliphatic rings. The molecule has 102 valence electrons. The number of carbonyl (C=O) groups is 2. The Bertz CT molecular complexity index is 453. The molecule has 0 bridgehead atoms. The van der Waals surface area contributed by atoms with Gasteiger partial charge in [-0.25, -0.2) is 4.79 Å². The van der Waals surface area contributed by atoms with Crippen LogP contribution >= 0.6 is 0 Å². The minimum atomic E-state index is -0.686. The lowest BCUT2D eigenvalue weighted by molar-refractivity contribution is -0.142. The Labute approximate surface area is 112 Å². The monoisotopic (exact) mass is 263 g/mol. The molecule has 1 aromatic carbocycles. The van der Waals surface area contributed by atoms with Gasteiger partial charge < -0.3 is 14.8 Å². The molecule has 5 heteroatoms. The molecule has 5 nitrogen and oxygen atoms in total. The number of ether oxygens (including phenoxy) is 2. The average molecular weight is 263 g/mol. The topological polar surface area (TPSA) is 64.6 Å². The molecule has 0 aliphatic heterocycles. The fourth-order valence-corrected chi connectivity index (χ4v) is 1.37. The Balaban J connectivity index is 2.62. The molecule has 1 rings (SSSR count). The Kier molecular flexibility index (Phi) is 5.60. The van der Waals surface area contributed by atoms with E-state index >= 15 is 0 Å². The number of carbonyl (C=O) groups excluding carboxylic acids is 2. The van der Waals surface area contributed by atoms with Crippen LogP contribution in [0.5, 0.6) is 5.75 Å². The highest BCUT2D eigenvalue weighted by Gasteiger charge is 2.16. The van der Waals surface area contributed by atoms with E-state index in [2.05, 4.69) is 16.6 Å². The number of hydrogen-bond acceptors (Lipinski definition) is 4. The first kappa shape index (κ1) is 14.8. The van der Waals surface area contributed by atoms with Crippen molar-refractivity contribution >= 4 is 11.9 Å². The van der Waals surface area contributed by atoms with Crippen LogP contribution in [0.4, 0.5) is 0 Å². The molecule has 1 aromatic rings. The molecule has 1 amide bonds. The SMILES string of the molecule is C=CCOc1ccc(C(=O)NC(C)C(=O)OC)cc1. The largest absolute Gasteiger partial charge is 0.490 e. The van der Waals surface area contributed by atoms with E-state index in [1.165, 1.54) is 7.11 Å². The van der Waals surface area contributed by atoms with Crippen molar-refractivity contribution in [1.82, 2.24) is 5.32 Å². The zero-order valence-electron chi connectivity index (χ0n) is 11.0. The number of nitrogens with one attached hydrogen (secondary N) is 1. The van der Waals surface area contributed by atoms with Gasteiger partial charge in [0.25, 0.3) is 5.91 Å². The Hall–Kier alpha value is -2.30. The smallest absolute Gasteiger partial charge is 0.328 e. The van der Waals surface area contributed by atoms with Crippen molar-refractivity contribution in [3.63, 3.8) is 0 Å². The van der Waals surface area contributed by atoms with Gasteiger partial charge in [-0.05, 0) is 31.2 Å². The standard InChI is InChI=1S/C14H17NO4/c1-4-9-19-12-7-5-11(6-8-12)13(16)15-10(2)14(17)18-3/h4-8,10H,1,9H2,2-3H3,(H,15,16). The summed E-state index contributed by atoms with van der Waals surface area (Å²) in [5.41, 5.74) is 0.446. The van der Waals surface area contributed by atoms with Gasteiger partial charge in [0, 0.05) is 5.56 Å². The highest BCUT2D eigenvalue weighted by atomic mass is 16.5. The minimum absolute atomic E-state index is 0.340. The van der Waals surface area contributed by atoms with E-state index in [1.54, 1.807) is 37.3 Å². The first-order valence-corrected chi connectivity index (χ1v) is 5.81. The summed E-state index contributed by atoms with van der Waals surface area (Å²) in [5.74, 6) is -0.176. The van der Waals surface area contributed by atoms with Crippen molar-refractivity contribution in [2.45, 2.75) is 13.0 Å². The van der Waals surface area contributed by atoms with Crippen LogP contribution in [0.25, 0.3) is 0 Å². The molecule has 0 heterocycles. The lowest BCUT2D eigenvalue weighted by Crippen LogP contribution is -2.39. The van der Waals surface area contributed by atoms with Gasteiger partial charge in [-0.3, -0.25) is 4.79 Å². The van der Waals surface area contributed by atoms with Gasteiger partial charge in [0.15, 0.2) is 0 Å². The quantitative estimate of drug-likeness (QED) is 0.624. The zero-order valence-corrected chi connectivity index (χ0v) is 11.0. The van der Waals surface area contributed by atoms with Gasteiger partial charge in [-0.15, -0.1) is 0 Å². The van der Waals surface area contributed by atoms with Gasteiger partial charge in [0.2, 0.25) is 0 Å². The van der Waals surface area contributed by atoms with Crippen molar-refractivity contribution in [1.29, 1.82) is 0 Å². The van der Waals surface area contributed by atoms with Crippen molar-refractivity contribution in [2.75, 3.05) is 13.7 Å². The summed E-state index contributed by atoms with van der Waals surface area (Å²) in [6.07, 6.45) is 1.64. The third-order valence-electron chi connectivity index (χ3n) is 2.39. The van der Waals surface area contributed by atoms with Crippen LogP contribution in [0, 0.1) is 0 Å². The highest BCUT2D eigenvalue weighted by molar-refractivity contribution is 5.96. The molecule has 1 atom stereocenters. The number of hydrogen-bond donors (Lipinski definition) is 1. The molecular weight excluding hydrogens is 246 g/mol. The summed E-state index contributed by atoms with van der Waals surface area (Å²) in [7, 11) is 1.27. The molecule has 0 saturated carbocycles. The van der Waals surface area contributed by atoms with E-state index in [0.717, 1.165) is 0 Å². The summed E-state index contributed by atoms with van der Waals surface area (Å²) in [5, 5.41) is 2.54. The van der Waals surface area contributed by atoms with Crippen molar-refractivity contribution in [3.05, 3.63) is 42.5 Å². The molecule has 0 saturated heterocycles. The van der Waals surface area contributed by atoms with Crippen LogP contribution in [-0.2, 0) is 9.53 Å². The summed E-state index contributed by atoms with van der Waals surface area (Å²) >= 11 is 0. The minimum Gasteiger partial charge on any atom is -0.490 e. The van der Waals surface area contributed by atoms with Crippen molar-refractivity contribution < 1.29 is 19.1 Å². The van der Waals surface area contributed by atoms with Gasteiger partial charge >= 0.3 is 5.97 Å². The number of benzene rings is 1. The van der Waals surface area contributed by atoms with Gasteiger partial charge in [0.05, 0.1) is 7.11 Å². The molecule has 1 unspecified atom stereocenters. The normalized spacial score (nSPS) is 11.3. The van der Waals surface area contributed by atoms with E-state index in [-0.39, 0.29) is 5.91 Å². The second-order valence-corrected chi connectivity index (χ2v) is 3.84. The summed E-state index contributed by atoms with van der Waals surface area (Å²) in [6, 6.07) is 5.92. The Morgan fingerprint density at radius 1 is 1.37 bits per heavy atom. The van der Waals surface area contributed by atoms with E-state index in [4.69, 9.17) is 4.74 Å². The predicted octanol–water partition coefficient (Wildman–Crippen LogP) is 1.54. The maximum absolute atomic E-state index is 11.8. The average Bonchev–Trinajstić information content (AvgIpc) is 2.44. The van der Waals surface area contributed by atoms with Crippen LogP contribution in [0.2, 0.25) is 0 Å². The molecule has 0 aromatic heterocycles. The Morgan fingerprint density at radius 3 is 2.53 bits per heavy atom. The fraction of sp³-hybridized carbons (Fsp3) is 0.286. The van der Waals surface area contributed by atoms with Crippen LogP contribution in [0.15, 0.2) is 36.9 Å². The van der Waals surface area contributed by atoms with E-state index in [0.29, 0.717) is 17.9 Å². The molecule has 0 spiro atoms. The maximum atomic E-state index is 11.8. The number of amides is 1. The summed E-state index contributed by atoms with van der Waals surface area (Å²) in [6.45, 7) is 5.51. The van der Waals surface area contributed by atoms with Gasteiger partial charge in [-0.1, -0.05) is 12.7 Å². The summed E-state index contributed by atoms with van der Waals surface area (Å²) in [4.78, 5) is 23.0. The third-order valence-corrected chi connectivity index (χ3v) is 2.39. The second-order valence-electron chi connectivity index (χ2n) is 3.84. The molecule has 0 radical (unpaired) electrons. The van der Waals surface area contributed by atoms with E-state index in [1.807, 2.05) is 0 Å². The number of rotatable bonds is 6. The van der Waals surface area contributed by atoms with Crippen molar-refractivity contribution in [2.24, 2.45) is 0 Å². The Morgan fingerprint density at radius 2 is 2.00 bits per heavy atom. The molecule has 0 aliphatic carbocycles. The number of methoxy groups -OCH3 is 1. The van der Waals surface area contributed by atoms with Gasteiger partial charge in [-0.2, -0.15) is 0 Å². The fourth-order valence-electron chi connectivity index (χ4n) is 1.37. The first-order valence-electron chi connectivity index (χ1n) is 5.81. The summed E-state index contributed by atoms with van der Waals surface area (Å²) < 4.78 is 9.83. The van der Waals surface area contributed by atoms with Gasteiger partial charge in [0.1, 0.15) is 18.4 Å². The lowest BCUT2D eigenvalue weighted by atomic mass is 10.2. The highest BCUT2D eigenvalue weighted by Crippen LogP contribution is 2.12. The predicted molar refractivity (Wildman–Crippen MR) is 71.1 cm³/mol. The molecular formula is C14H17NO4. The van der Waals surface area contributed by atoms with E-state index in [9.17, 15) is 9.59 Å². The lowest BCUT2D eigenvalue weighted by Gasteiger charge is -2.11. The third kappa shape index (κ3) is 4.46. The molecule has 1 N–H and O–H groups in total. The van der Waals surface area contributed by atoms with Crippen LogP contribution < -0.4 is 10.1 Å². The first-order chi connectivity index (χ1) is 9.08.